The van der Waals surface area contributed by atoms with E-state index < -0.39 is 5.97 Å². The van der Waals surface area contributed by atoms with E-state index in [1.54, 1.807) is 11.3 Å². The third-order valence-electron chi connectivity index (χ3n) is 2.54. The van der Waals surface area contributed by atoms with Crippen LogP contribution in [0.2, 0.25) is 0 Å². The molecule has 100 valence electrons. The van der Waals surface area contributed by atoms with Crippen molar-refractivity contribution in [3.63, 3.8) is 0 Å². The SMILES string of the molecule is CCN(Cc1ccc(Br)s1)c1nccnc1C(=O)O. The molecule has 2 rings (SSSR count). The number of carboxylic acids is 1. The van der Waals surface area contributed by atoms with E-state index in [4.69, 9.17) is 5.11 Å². The van der Waals surface area contributed by atoms with Gasteiger partial charge in [-0.2, -0.15) is 0 Å². The fraction of sp³-hybridized carbons (Fsp3) is 0.250. The zero-order valence-electron chi connectivity index (χ0n) is 10.2. The third kappa shape index (κ3) is 3.30. The number of hydrogen-bond donors (Lipinski definition) is 1. The second kappa shape index (κ2) is 6.12. The van der Waals surface area contributed by atoms with Crippen molar-refractivity contribution >= 4 is 39.1 Å². The summed E-state index contributed by atoms with van der Waals surface area (Å²) in [6, 6.07) is 3.98. The molecule has 7 heteroatoms. The van der Waals surface area contributed by atoms with Gasteiger partial charge in [-0.1, -0.05) is 0 Å². The van der Waals surface area contributed by atoms with Gasteiger partial charge in [0.25, 0.3) is 0 Å². The molecule has 0 aliphatic heterocycles. The lowest BCUT2D eigenvalue weighted by atomic mass is 10.3. The summed E-state index contributed by atoms with van der Waals surface area (Å²) in [7, 11) is 0. The van der Waals surface area contributed by atoms with Crippen molar-refractivity contribution in [3.8, 4) is 0 Å². The van der Waals surface area contributed by atoms with Gasteiger partial charge in [0, 0.05) is 23.8 Å². The number of thiophene rings is 1. The topological polar surface area (TPSA) is 66.3 Å². The van der Waals surface area contributed by atoms with Gasteiger partial charge in [0.05, 0.1) is 10.3 Å². The van der Waals surface area contributed by atoms with E-state index in [0.29, 0.717) is 18.9 Å². The molecule has 0 spiro atoms. The van der Waals surface area contributed by atoms with Crippen molar-refractivity contribution in [2.75, 3.05) is 11.4 Å². The van der Waals surface area contributed by atoms with Crippen LogP contribution in [0.1, 0.15) is 22.3 Å². The van der Waals surface area contributed by atoms with Gasteiger partial charge in [-0.25, -0.2) is 14.8 Å². The second-order valence-corrected chi connectivity index (χ2v) is 6.30. The minimum Gasteiger partial charge on any atom is -0.476 e. The van der Waals surface area contributed by atoms with Crippen molar-refractivity contribution in [2.45, 2.75) is 13.5 Å². The number of anilines is 1. The first-order valence-electron chi connectivity index (χ1n) is 5.65. The van der Waals surface area contributed by atoms with Crippen LogP contribution >= 0.6 is 27.3 Å². The Morgan fingerprint density at radius 1 is 1.42 bits per heavy atom. The lowest BCUT2D eigenvalue weighted by molar-refractivity contribution is 0.0690. The van der Waals surface area contributed by atoms with Gasteiger partial charge in [0.1, 0.15) is 0 Å². The van der Waals surface area contributed by atoms with E-state index in [9.17, 15) is 4.79 Å². The number of nitrogens with zero attached hydrogens (tertiary/aromatic N) is 3. The van der Waals surface area contributed by atoms with Crippen molar-refractivity contribution in [2.24, 2.45) is 0 Å². The van der Waals surface area contributed by atoms with E-state index in [0.717, 1.165) is 8.66 Å². The van der Waals surface area contributed by atoms with Gasteiger partial charge >= 0.3 is 5.97 Å². The molecule has 2 aromatic rings. The zero-order chi connectivity index (χ0) is 13.8. The van der Waals surface area contributed by atoms with Gasteiger partial charge in [0.15, 0.2) is 11.5 Å². The largest absolute Gasteiger partial charge is 0.476 e. The van der Waals surface area contributed by atoms with Crippen molar-refractivity contribution in [1.29, 1.82) is 0 Å². The summed E-state index contributed by atoms with van der Waals surface area (Å²) in [5, 5.41) is 9.15. The predicted molar refractivity (Wildman–Crippen MR) is 77.7 cm³/mol. The Kier molecular flexibility index (Phi) is 4.49. The molecule has 0 atom stereocenters. The summed E-state index contributed by atoms with van der Waals surface area (Å²) < 4.78 is 1.05. The number of carboxylic acid groups (broad SMARTS) is 1. The molecule has 0 amide bonds. The van der Waals surface area contributed by atoms with Crippen LogP contribution in [0.4, 0.5) is 5.82 Å². The number of aromatic nitrogens is 2. The van der Waals surface area contributed by atoms with Crippen LogP contribution in [0.3, 0.4) is 0 Å². The smallest absolute Gasteiger partial charge is 0.358 e. The van der Waals surface area contributed by atoms with Gasteiger partial charge in [0.2, 0.25) is 0 Å². The molecule has 1 N–H and O–H groups in total. The average molecular weight is 342 g/mol. The molecule has 0 saturated carbocycles. The Morgan fingerprint density at radius 2 is 2.16 bits per heavy atom. The van der Waals surface area contributed by atoms with Crippen molar-refractivity contribution < 1.29 is 9.90 Å². The summed E-state index contributed by atoms with van der Waals surface area (Å²) in [5.74, 6) is -0.657. The van der Waals surface area contributed by atoms with Crippen LogP contribution in [0.25, 0.3) is 0 Å². The maximum Gasteiger partial charge on any atom is 0.358 e. The van der Waals surface area contributed by atoms with Crippen molar-refractivity contribution in [1.82, 2.24) is 9.97 Å². The maximum atomic E-state index is 11.2. The molecule has 0 aliphatic carbocycles. The van der Waals surface area contributed by atoms with Gasteiger partial charge in [-0.3, -0.25) is 0 Å². The number of aromatic carboxylic acids is 1. The Balaban J connectivity index is 2.29. The first kappa shape index (κ1) is 14.0. The Morgan fingerprint density at radius 3 is 2.74 bits per heavy atom. The molecular formula is C12H12BrN3O2S. The van der Waals surface area contributed by atoms with Crippen LogP contribution in [0.5, 0.6) is 0 Å². The van der Waals surface area contributed by atoms with E-state index >= 15 is 0 Å². The third-order valence-corrected chi connectivity index (χ3v) is 4.15. The molecular weight excluding hydrogens is 330 g/mol. The number of hydrogen-bond acceptors (Lipinski definition) is 5. The molecule has 0 radical (unpaired) electrons. The number of halogens is 1. The van der Waals surface area contributed by atoms with Crippen LogP contribution in [0.15, 0.2) is 28.3 Å². The quantitative estimate of drug-likeness (QED) is 0.905. The van der Waals surface area contributed by atoms with E-state index in [2.05, 4.69) is 25.9 Å². The maximum absolute atomic E-state index is 11.2. The fourth-order valence-corrected chi connectivity index (χ4v) is 3.17. The minimum absolute atomic E-state index is 0.0139. The number of carbonyl (C=O) groups is 1. The van der Waals surface area contributed by atoms with Gasteiger partial charge in [-0.05, 0) is 35.0 Å². The summed E-state index contributed by atoms with van der Waals surface area (Å²) in [6.45, 7) is 3.24. The van der Waals surface area contributed by atoms with Crippen LogP contribution in [-0.4, -0.2) is 27.6 Å². The summed E-state index contributed by atoms with van der Waals surface area (Å²) in [4.78, 5) is 22.2. The Hall–Kier alpha value is -1.47. The second-order valence-electron chi connectivity index (χ2n) is 3.75. The highest BCUT2D eigenvalue weighted by molar-refractivity contribution is 9.11. The monoisotopic (exact) mass is 341 g/mol. The molecule has 0 fully saturated rings. The first-order chi connectivity index (χ1) is 9.11. The standard InChI is InChI=1S/C12H12BrN3O2S/c1-2-16(7-8-3-4-9(13)19-8)11-10(12(17)18)14-5-6-15-11/h3-6H,2,7H2,1H3,(H,17,18). The molecule has 5 nitrogen and oxygen atoms in total. The highest BCUT2D eigenvalue weighted by Crippen LogP contribution is 2.25. The summed E-state index contributed by atoms with van der Waals surface area (Å²) in [5.41, 5.74) is -0.0139. The van der Waals surface area contributed by atoms with Crippen molar-refractivity contribution in [3.05, 3.63) is 38.9 Å². The molecule has 2 aromatic heterocycles. The number of rotatable bonds is 5. The molecule has 0 saturated heterocycles. The molecule has 0 aromatic carbocycles. The van der Waals surface area contributed by atoms with Crippen LogP contribution in [0, 0.1) is 0 Å². The van der Waals surface area contributed by atoms with Crippen LogP contribution in [-0.2, 0) is 6.54 Å². The average Bonchev–Trinajstić information content (AvgIpc) is 2.81. The highest BCUT2D eigenvalue weighted by Gasteiger charge is 2.18. The van der Waals surface area contributed by atoms with E-state index in [1.807, 2.05) is 24.0 Å². The Bertz CT molecular complexity index is 588. The lowest BCUT2D eigenvalue weighted by Gasteiger charge is -2.21. The van der Waals surface area contributed by atoms with Gasteiger partial charge in [-0.15, -0.1) is 11.3 Å². The minimum atomic E-state index is -1.06. The van der Waals surface area contributed by atoms with Gasteiger partial charge < -0.3 is 10.0 Å². The molecule has 2 heterocycles. The summed E-state index contributed by atoms with van der Waals surface area (Å²) in [6.07, 6.45) is 2.90. The molecule has 0 unspecified atom stereocenters. The Labute approximate surface area is 123 Å². The summed E-state index contributed by atoms with van der Waals surface area (Å²) >= 11 is 5.04. The molecule has 0 aliphatic rings. The van der Waals surface area contributed by atoms with E-state index in [-0.39, 0.29) is 5.69 Å². The normalized spacial score (nSPS) is 10.4. The lowest BCUT2D eigenvalue weighted by Crippen LogP contribution is -2.25. The first-order valence-corrected chi connectivity index (χ1v) is 7.26. The van der Waals surface area contributed by atoms with E-state index in [1.165, 1.54) is 12.4 Å². The zero-order valence-corrected chi connectivity index (χ0v) is 12.6. The molecule has 0 bridgehead atoms. The van der Waals surface area contributed by atoms with Crippen LogP contribution < -0.4 is 4.90 Å². The highest BCUT2D eigenvalue weighted by atomic mass is 79.9. The fourth-order valence-electron chi connectivity index (χ4n) is 1.67. The molecule has 19 heavy (non-hydrogen) atoms. The predicted octanol–water partition coefficient (Wildman–Crippen LogP) is 3.03.